The molecule has 0 heterocycles. The van der Waals surface area contributed by atoms with E-state index < -0.39 is 16.4 Å². The van der Waals surface area contributed by atoms with Gasteiger partial charge in [0.2, 0.25) is 5.82 Å². The van der Waals surface area contributed by atoms with Crippen molar-refractivity contribution in [2.24, 2.45) is 4.99 Å². The lowest BCUT2D eigenvalue weighted by Crippen LogP contribution is -1.95. The van der Waals surface area contributed by atoms with E-state index in [1.165, 1.54) is 18.3 Å². The Hall–Kier alpha value is -2.96. The van der Waals surface area contributed by atoms with Crippen molar-refractivity contribution in [3.05, 3.63) is 57.9 Å². The van der Waals surface area contributed by atoms with E-state index in [1.807, 2.05) is 6.92 Å². The minimum absolute atomic E-state index is 0.0287. The molecular formula is C16H15FN2O4. The predicted molar refractivity (Wildman–Crippen MR) is 84.2 cm³/mol. The van der Waals surface area contributed by atoms with E-state index in [-0.39, 0.29) is 11.4 Å². The topological polar surface area (TPSA) is 85.0 Å². The average Bonchev–Trinajstić information content (AvgIpc) is 2.53. The van der Waals surface area contributed by atoms with Crippen molar-refractivity contribution >= 4 is 17.6 Å². The molecule has 0 aliphatic rings. The maximum absolute atomic E-state index is 13.2. The molecule has 0 radical (unpaired) electrons. The molecule has 0 spiro atoms. The van der Waals surface area contributed by atoms with Crippen LogP contribution in [0.1, 0.15) is 18.9 Å². The van der Waals surface area contributed by atoms with Crippen LogP contribution in [0.4, 0.5) is 15.8 Å². The molecule has 0 saturated carbocycles. The van der Waals surface area contributed by atoms with Gasteiger partial charge in [0, 0.05) is 23.9 Å². The number of nitro benzene ring substituents is 1. The van der Waals surface area contributed by atoms with Crippen LogP contribution in [0.15, 0.2) is 41.4 Å². The number of hydrogen-bond acceptors (Lipinski definition) is 5. The summed E-state index contributed by atoms with van der Waals surface area (Å²) in [5, 5.41) is 20.6. The van der Waals surface area contributed by atoms with Crippen molar-refractivity contribution in [3.8, 4) is 11.5 Å². The molecular weight excluding hydrogens is 303 g/mol. The van der Waals surface area contributed by atoms with E-state index in [0.717, 1.165) is 18.6 Å². The molecule has 0 unspecified atom stereocenters. The fourth-order valence-corrected chi connectivity index (χ4v) is 1.81. The van der Waals surface area contributed by atoms with Gasteiger partial charge in [0.25, 0.3) is 0 Å². The van der Waals surface area contributed by atoms with Gasteiger partial charge in [-0.1, -0.05) is 6.92 Å². The molecule has 0 bridgehead atoms. The molecule has 23 heavy (non-hydrogen) atoms. The van der Waals surface area contributed by atoms with Crippen LogP contribution in [0.5, 0.6) is 11.5 Å². The largest absolute Gasteiger partial charge is 0.507 e. The zero-order valence-electron chi connectivity index (χ0n) is 12.4. The zero-order chi connectivity index (χ0) is 16.8. The van der Waals surface area contributed by atoms with Gasteiger partial charge in [0.1, 0.15) is 11.5 Å². The summed E-state index contributed by atoms with van der Waals surface area (Å²) in [6.07, 6.45) is 2.20. The number of aliphatic imine (C=N–C) groups is 1. The van der Waals surface area contributed by atoms with E-state index in [9.17, 15) is 19.6 Å². The van der Waals surface area contributed by atoms with Gasteiger partial charge in [-0.2, -0.15) is 4.39 Å². The van der Waals surface area contributed by atoms with Gasteiger partial charge >= 0.3 is 5.69 Å². The summed E-state index contributed by atoms with van der Waals surface area (Å²) in [7, 11) is 0. The van der Waals surface area contributed by atoms with E-state index in [4.69, 9.17) is 4.74 Å². The molecule has 120 valence electrons. The summed E-state index contributed by atoms with van der Waals surface area (Å²) in [4.78, 5) is 13.9. The highest BCUT2D eigenvalue weighted by Crippen LogP contribution is 2.25. The van der Waals surface area contributed by atoms with E-state index in [0.29, 0.717) is 17.9 Å². The molecule has 0 aromatic heterocycles. The van der Waals surface area contributed by atoms with Crippen LogP contribution in [-0.4, -0.2) is 22.9 Å². The molecule has 6 nitrogen and oxygen atoms in total. The van der Waals surface area contributed by atoms with Gasteiger partial charge in [-0.25, -0.2) is 0 Å². The van der Waals surface area contributed by atoms with Crippen molar-refractivity contribution in [2.45, 2.75) is 13.3 Å². The summed E-state index contributed by atoms with van der Waals surface area (Å²) in [6, 6.07) is 8.08. The Morgan fingerprint density at radius 2 is 2.13 bits per heavy atom. The molecule has 0 atom stereocenters. The maximum atomic E-state index is 13.2. The minimum Gasteiger partial charge on any atom is -0.507 e. The van der Waals surface area contributed by atoms with Crippen molar-refractivity contribution in [2.75, 3.05) is 6.61 Å². The number of phenolic OH excluding ortho intramolecular Hbond substituents is 1. The number of nitrogens with zero attached hydrogens (tertiary/aromatic N) is 2. The highest BCUT2D eigenvalue weighted by Gasteiger charge is 2.13. The van der Waals surface area contributed by atoms with Gasteiger partial charge in [-0.15, -0.1) is 0 Å². The molecule has 0 aliphatic heterocycles. The Labute approximate surface area is 132 Å². The Kier molecular flexibility index (Phi) is 5.24. The van der Waals surface area contributed by atoms with Crippen molar-refractivity contribution in [3.63, 3.8) is 0 Å². The smallest absolute Gasteiger partial charge is 0.306 e. The Balaban J connectivity index is 2.20. The number of phenols is 1. The summed E-state index contributed by atoms with van der Waals surface area (Å²) in [5.41, 5.74) is -0.0168. The summed E-state index contributed by atoms with van der Waals surface area (Å²) in [5.74, 6) is -0.410. The molecule has 2 aromatic rings. The zero-order valence-corrected chi connectivity index (χ0v) is 12.4. The lowest BCUT2D eigenvalue weighted by molar-refractivity contribution is -0.387. The lowest BCUT2D eigenvalue weighted by atomic mass is 10.2. The van der Waals surface area contributed by atoms with Crippen LogP contribution in [0.3, 0.4) is 0 Å². The average molecular weight is 318 g/mol. The Morgan fingerprint density at radius 3 is 2.78 bits per heavy atom. The third-order valence-electron chi connectivity index (χ3n) is 2.95. The fourth-order valence-electron chi connectivity index (χ4n) is 1.81. The first-order valence-electron chi connectivity index (χ1n) is 6.95. The molecule has 7 heteroatoms. The number of nitro groups is 1. The van der Waals surface area contributed by atoms with Gasteiger partial charge in [0.05, 0.1) is 17.2 Å². The number of halogens is 1. The van der Waals surface area contributed by atoms with Crippen molar-refractivity contribution in [1.29, 1.82) is 0 Å². The number of ether oxygens (including phenoxy) is 1. The summed E-state index contributed by atoms with van der Waals surface area (Å²) >= 11 is 0. The summed E-state index contributed by atoms with van der Waals surface area (Å²) in [6.45, 7) is 2.52. The first-order chi connectivity index (χ1) is 11.0. The molecule has 0 saturated heterocycles. The van der Waals surface area contributed by atoms with Crippen LogP contribution in [0.2, 0.25) is 0 Å². The second kappa shape index (κ2) is 7.35. The van der Waals surface area contributed by atoms with Crippen molar-refractivity contribution in [1.82, 2.24) is 0 Å². The van der Waals surface area contributed by atoms with Gasteiger partial charge in [0.15, 0.2) is 0 Å². The molecule has 0 fully saturated rings. The monoisotopic (exact) mass is 318 g/mol. The van der Waals surface area contributed by atoms with E-state index in [2.05, 4.69) is 4.99 Å². The molecule has 0 amide bonds. The van der Waals surface area contributed by atoms with E-state index >= 15 is 0 Å². The molecule has 2 rings (SSSR count). The second-order valence-corrected chi connectivity index (χ2v) is 4.72. The van der Waals surface area contributed by atoms with Gasteiger partial charge in [-0.05, 0) is 30.7 Å². The highest BCUT2D eigenvalue weighted by atomic mass is 19.1. The number of rotatable bonds is 6. The Morgan fingerprint density at radius 1 is 1.35 bits per heavy atom. The SMILES string of the molecule is CCCOc1ccc(C=Nc2ccc(F)c([N+](=O)[O-])c2)c(O)c1. The first kappa shape index (κ1) is 16.4. The normalized spacial score (nSPS) is 10.9. The van der Waals surface area contributed by atoms with Crippen LogP contribution < -0.4 is 4.74 Å². The molecule has 2 aromatic carbocycles. The molecule has 1 N–H and O–H groups in total. The first-order valence-corrected chi connectivity index (χ1v) is 6.95. The maximum Gasteiger partial charge on any atom is 0.306 e. The number of benzene rings is 2. The minimum atomic E-state index is -0.922. The van der Waals surface area contributed by atoms with Crippen LogP contribution in [0.25, 0.3) is 0 Å². The third kappa shape index (κ3) is 4.26. The van der Waals surface area contributed by atoms with Crippen LogP contribution in [0, 0.1) is 15.9 Å². The number of hydrogen-bond donors (Lipinski definition) is 1. The number of aromatic hydroxyl groups is 1. The van der Waals surface area contributed by atoms with Gasteiger partial charge in [-0.3, -0.25) is 15.1 Å². The van der Waals surface area contributed by atoms with Gasteiger partial charge < -0.3 is 9.84 Å². The van der Waals surface area contributed by atoms with E-state index in [1.54, 1.807) is 12.1 Å². The van der Waals surface area contributed by atoms with Crippen LogP contribution >= 0.6 is 0 Å². The standard InChI is InChI=1S/C16H15FN2O4/c1-2-7-23-13-5-3-11(16(20)9-13)10-18-12-4-6-14(17)15(8-12)19(21)22/h3-6,8-10,20H,2,7H2,1H3. The lowest BCUT2D eigenvalue weighted by Gasteiger charge is -2.06. The second-order valence-electron chi connectivity index (χ2n) is 4.72. The quantitative estimate of drug-likeness (QED) is 0.496. The molecule has 0 aliphatic carbocycles. The fraction of sp³-hybridized carbons (Fsp3) is 0.188. The van der Waals surface area contributed by atoms with Crippen molar-refractivity contribution < 1.29 is 19.2 Å². The predicted octanol–water partition coefficient (Wildman–Crippen LogP) is 3.98. The Bertz CT molecular complexity index is 747. The third-order valence-corrected chi connectivity index (χ3v) is 2.95. The van der Waals surface area contributed by atoms with Crippen LogP contribution in [-0.2, 0) is 0 Å². The summed E-state index contributed by atoms with van der Waals surface area (Å²) < 4.78 is 18.6. The highest BCUT2D eigenvalue weighted by molar-refractivity contribution is 5.85.